The number of nitrogens with zero attached hydrogens (tertiary/aromatic N) is 1. The Kier molecular flexibility index (Phi) is 11.7. The van der Waals surface area contributed by atoms with Crippen LogP contribution in [0.3, 0.4) is 0 Å². The third kappa shape index (κ3) is 14.1. The summed E-state index contributed by atoms with van der Waals surface area (Å²) < 4.78 is 0.891. The van der Waals surface area contributed by atoms with Gasteiger partial charge in [-0.3, -0.25) is 0 Å². The Morgan fingerprint density at radius 2 is 1.26 bits per heavy atom. The van der Waals surface area contributed by atoms with Crippen molar-refractivity contribution in [3.63, 3.8) is 0 Å². The quantitative estimate of drug-likeness (QED) is 0.393. The van der Waals surface area contributed by atoms with Gasteiger partial charge in [-0.05, 0) is 19.8 Å². The Labute approximate surface area is 121 Å². The third-order valence-electron chi connectivity index (χ3n) is 3.82. The molecular formula is C17H37NO+. The summed E-state index contributed by atoms with van der Waals surface area (Å²) in [5.41, 5.74) is 0. The summed E-state index contributed by atoms with van der Waals surface area (Å²) in [6, 6.07) is 0. The molecule has 0 aliphatic carbocycles. The van der Waals surface area contributed by atoms with Gasteiger partial charge in [0.05, 0.1) is 20.6 Å². The smallest absolute Gasteiger partial charge is 0.105 e. The lowest BCUT2D eigenvalue weighted by molar-refractivity contribution is -0.892. The predicted molar refractivity (Wildman–Crippen MR) is 85.1 cm³/mol. The highest BCUT2D eigenvalue weighted by molar-refractivity contribution is 4.54. The number of unbranched alkanes of at least 4 members (excludes halogenated alkanes) is 9. The first-order valence-corrected chi connectivity index (χ1v) is 8.31. The summed E-state index contributed by atoms with van der Waals surface area (Å²) >= 11 is 0. The fraction of sp³-hybridized carbons (Fsp3) is 0.941. The lowest BCUT2D eigenvalue weighted by Gasteiger charge is -2.30. The highest BCUT2D eigenvalue weighted by Crippen LogP contribution is 2.11. The molecule has 0 bridgehead atoms. The second kappa shape index (κ2) is 11.7. The van der Waals surface area contributed by atoms with E-state index in [4.69, 9.17) is 0 Å². The van der Waals surface area contributed by atoms with Gasteiger partial charge in [0.15, 0.2) is 0 Å². The average molecular weight is 271 g/mol. The number of aliphatic hydroxyl groups is 1. The number of rotatable bonds is 13. The maximum atomic E-state index is 9.32. The number of hydrogen-bond acceptors (Lipinski definition) is 1. The first-order chi connectivity index (χ1) is 8.98. The molecule has 0 heterocycles. The summed E-state index contributed by atoms with van der Waals surface area (Å²) in [6.45, 7) is 7.85. The lowest BCUT2D eigenvalue weighted by atomic mass is 10.1. The first-order valence-electron chi connectivity index (χ1n) is 8.31. The van der Waals surface area contributed by atoms with Gasteiger partial charge in [0.2, 0.25) is 0 Å². The molecule has 0 rings (SSSR count). The minimum Gasteiger partial charge on any atom is -0.387 e. The molecule has 19 heavy (non-hydrogen) atoms. The Balaban J connectivity index is 3.26. The molecule has 1 N–H and O–H groups in total. The molecule has 0 aliphatic heterocycles. The van der Waals surface area contributed by atoms with Crippen molar-refractivity contribution < 1.29 is 9.59 Å². The molecule has 1 unspecified atom stereocenters. The SMILES string of the molecule is [CH2]C(O)C[N+](C)(C)CCCCCCCCCCCC. The highest BCUT2D eigenvalue weighted by Gasteiger charge is 2.16. The Morgan fingerprint density at radius 1 is 0.842 bits per heavy atom. The van der Waals surface area contributed by atoms with Gasteiger partial charge in [-0.15, -0.1) is 0 Å². The van der Waals surface area contributed by atoms with Crippen molar-refractivity contribution in [1.29, 1.82) is 0 Å². The third-order valence-corrected chi connectivity index (χ3v) is 3.82. The molecule has 0 amide bonds. The standard InChI is InChI=1S/C17H37NO/c1-5-6-7-8-9-10-11-12-13-14-15-18(3,4)16-17(2)19/h17,19H,2,5-16H2,1,3-4H3/q+1. The topological polar surface area (TPSA) is 20.2 Å². The van der Waals surface area contributed by atoms with Crippen LogP contribution in [0.4, 0.5) is 0 Å². The maximum Gasteiger partial charge on any atom is 0.105 e. The van der Waals surface area contributed by atoms with Crippen molar-refractivity contribution in [2.75, 3.05) is 27.2 Å². The van der Waals surface area contributed by atoms with Gasteiger partial charge >= 0.3 is 0 Å². The monoisotopic (exact) mass is 271 g/mol. The minimum atomic E-state index is -0.432. The molecule has 1 radical (unpaired) electrons. The number of quaternary nitrogens is 1. The molecule has 0 saturated carbocycles. The van der Waals surface area contributed by atoms with Crippen LogP contribution in [0.2, 0.25) is 0 Å². The summed E-state index contributed by atoms with van der Waals surface area (Å²) in [5, 5.41) is 9.32. The highest BCUT2D eigenvalue weighted by atomic mass is 16.3. The van der Waals surface area contributed by atoms with E-state index < -0.39 is 6.10 Å². The second-order valence-electron chi connectivity index (χ2n) is 6.68. The van der Waals surface area contributed by atoms with Gasteiger partial charge in [0.25, 0.3) is 0 Å². The van der Waals surface area contributed by atoms with E-state index in [1.807, 2.05) is 0 Å². The van der Waals surface area contributed by atoms with Crippen LogP contribution in [0.5, 0.6) is 0 Å². The van der Waals surface area contributed by atoms with Crippen molar-refractivity contribution in [2.24, 2.45) is 0 Å². The maximum absolute atomic E-state index is 9.32. The molecule has 2 heteroatoms. The van der Waals surface area contributed by atoms with Crippen molar-refractivity contribution in [3.8, 4) is 0 Å². The second-order valence-corrected chi connectivity index (χ2v) is 6.68. The van der Waals surface area contributed by atoms with Gasteiger partial charge < -0.3 is 9.59 Å². The van der Waals surface area contributed by atoms with Gasteiger partial charge in [-0.1, -0.05) is 58.3 Å². The van der Waals surface area contributed by atoms with Crippen LogP contribution >= 0.6 is 0 Å². The normalized spacial score (nSPS) is 13.7. The van der Waals surface area contributed by atoms with Gasteiger partial charge in [-0.2, -0.15) is 0 Å². The van der Waals surface area contributed by atoms with Crippen LogP contribution < -0.4 is 0 Å². The van der Waals surface area contributed by atoms with Crippen LogP contribution in [-0.4, -0.2) is 42.9 Å². The zero-order valence-corrected chi connectivity index (χ0v) is 13.7. The van der Waals surface area contributed by atoms with Gasteiger partial charge in [0, 0.05) is 0 Å². The number of hydrogen-bond donors (Lipinski definition) is 1. The van der Waals surface area contributed by atoms with Gasteiger partial charge in [-0.25, -0.2) is 0 Å². The summed E-state index contributed by atoms with van der Waals surface area (Å²) in [4.78, 5) is 0. The molecule has 1 atom stereocenters. The minimum absolute atomic E-state index is 0.432. The Morgan fingerprint density at radius 3 is 1.68 bits per heavy atom. The molecule has 2 nitrogen and oxygen atoms in total. The fourth-order valence-electron chi connectivity index (χ4n) is 2.69. The van der Waals surface area contributed by atoms with Crippen LogP contribution in [-0.2, 0) is 0 Å². The van der Waals surface area contributed by atoms with E-state index in [1.165, 1.54) is 64.2 Å². The zero-order valence-electron chi connectivity index (χ0n) is 13.7. The largest absolute Gasteiger partial charge is 0.387 e. The van der Waals surface area contributed by atoms with Crippen LogP contribution in [0, 0.1) is 6.92 Å². The lowest BCUT2D eigenvalue weighted by Crippen LogP contribution is -2.45. The van der Waals surface area contributed by atoms with E-state index >= 15 is 0 Å². The summed E-state index contributed by atoms with van der Waals surface area (Å²) in [7, 11) is 4.37. The predicted octanol–water partition coefficient (Wildman–Crippen LogP) is 4.18. The first kappa shape index (κ1) is 18.9. The molecule has 0 aromatic heterocycles. The Bertz CT molecular complexity index is 190. The average Bonchev–Trinajstić information content (AvgIpc) is 2.30. The molecule has 0 aromatic carbocycles. The molecule has 115 valence electrons. The van der Waals surface area contributed by atoms with E-state index in [2.05, 4.69) is 27.9 Å². The van der Waals surface area contributed by atoms with Gasteiger partial charge in [0.1, 0.15) is 12.6 Å². The molecule has 0 fully saturated rings. The van der Waals surface area contributed by atoms with Crippen molar-refractivity contribution in [2.45, 2.75) is 77.2 Å². The van der Waals surface area contributed by atoms with Crippen LogP contribution in [0.25, 0.3) is 0 Å². The fourth-order valence-corrected chi connectivity index (χ4v) is 2.69. The van der Waals surface area contributed by atoms with E-state index in [0.29, 0.717) is 0 Å². The molecule has 0 aromatic rings. The van der Waals surface area contributed by atoms with E-state index in [-0.39, 0.29) is 0 Å². The molecule has 0 saturated heterocycles. The summed E-state index contributed by atoms with van der Waals surface area (Å²) in [6.07, 6.45) is 13.4. The van der Waals surface area contributed by atoms with Crippen molar-refractivity contribution in [3.05, 3.63) is 6.92 Å². The van der Waals surface area contributed by atoms with E-state index in [1.54, 1.807) is 0 Å². The zero-order chi connectivity index (χ0) is 14.6. The molecule has 0 aliphatic rings. The molecule has 0 spiro atoms. The van der Waals surface area contributed by atoms with Crippen LogP contribution in [0.1, 0.15) is 71.1 Å². The Hall–Kier alpha value is -0.0800. The van der Waals surface area contributed by atoms with Crippen LogP contribution in [0.15, 0.2) is 0 Å². The van der Waals surface area contributed by atoms with E-state index in [9.17, 15) is 5.11 Å². The van der Waals surface area contributed by atoms with Crippen molar-refractivity contribution in [1.82, 2.24) is 0 Å². The number of aliphatic hydroxyl groups excluding tert-OH is 1. The molecular weight excluding hydrogens is 234 g/mol. The summed E-state index contributed by atoms with van der Waals surface area (Å²) in [5.74, 6) is 0. The van der Waals surface area contributed by atoms with Crippen molar-refractivity contribution >= 4 is 0 Å². The van der Waals surface area contributed by atoms with E-state index in [0.717, 1.165) is 17.6 Å². The number of likely N-dealkylation sites (N-methyl/N-ethyl adjacent to an activating group) is 1.